The third-order valence-corrected chi connectivity index (χ3v) is 8.30. The fourth-order valence-electron chi connectivity index (χ4n) is 5.51. The zero-order chi connectivity index (χ0) is 31.0. The molecular formula is C39H60O4. The number of hydrogen-bond donors (Lipinski definition) is 0. The summed E-state index contributed by atoms with van der Waals surface area (Å²) in [4.78, 5) is 24.8. The second-order valence-electron chi connectivity index (χ2n) is 12.3. The predicted molar refractivity (Wildman–Crippen MR) is 181 cm³/mol. The van der Waals surface area contributed by atoms with Crippen LogP contribution in [0.15, 0.2) is 48.5 Å². The lowest BCUT2D eigenvalue weighted by atomic mass is 10.0. The Bertz CT molecular complexity index is 979. The standard InChI is InChI=1S/C39H60O4/c1-4-6-8-10-11-12-13-14-15-16-17-18-19-20-22-24-38(40)43-37-31-29-35(30-32-37)34-25-27-36(28-26-34)39(41)42-33(3)23-21-9-7-5-2/h25-33H,4-24H2,1-3H3. The van der Waals surface area contributed by atoms with Crippen LogP contribution in [0.1, 0.15) is 166 Å². The van der Waals surface area contributed by atoms with Gasteiger partial charge >= 0.3 is 11.9 Å². The van der Waals surface area contributed by atoms with Crippen molar-refractivity contribution in [3.05, 3.63) is 54.1 Å². The van der Waals surface area contributed by atoms with Gasteiger partial charge in [0.05, 0.1) is 11.7 Å². The molecule has 0 fully saturated rings. The molecule has 0 bridgehead atoms. The molecule has 2 rings (SSSR count). The van der Waals surface area contributed by atoms with E-state index >= 15 is 0 Å². The van der Waals surface area contributed by atoms with Crippen molar-refractivity contribution in [3.8, 4) is 16.9 Å². The van der Waals surface area contributed by atoms with E-state index in [-0.39, 0.29) is 18.0 Å². The fourth-order valence-corrected chi connectivity index (χ4v) is 5.51. The molecule has 0 spiro atoms. The normalized spacial score (nSPS) is 11.8. The number of unbranched alkanes of at least 4 members (excludes halogenated alkanes) is 17. The molecule has 2 aromatic carbocycles. The van der Waals surface area contributed by atoms with Gasteiger partial charge in [-0.05, 0) is 61.6 Å². The van der Waals surface area contributed by atoms with Crippen molar-refractivity contribution >= 4 is 11.9 Å². The minimum atomic E-state index is -0.272. The zero-order valence-corrected chi connectivity index (χ0v) is 27.7. The van der Waals surface area contributed by atoms with Crippen LogP contribution < -0.4 is 4.74 Å². The van der Waals surface area contributed by atoms with Gasteiger partial charge in [0.1, 0.15) is 5.75 Å². The third-order valence-electron chi connectivity index (χ3n) is 8.30. The first-order valence-electron chi connectivity index (χ1n) is 17.7. The highest BCUT2D eigenvalue weighted by atomic mass is 16.5. The first-order valence-corrected chi connectivity index (χ1v) is 17.7. The smallest absolute Gasteiger partial charge is 0.338 e. The monoisotopic (exact) mass is 592 g/mol. The molecule has 0 aliphatic rings. The number of rotatable bonds is 25. The van der Waals surface area contributed by atoms with Crippen molar-refractivity contribution < 1.29 is 19.1 Å². The highest BCUT2D eigenvalue weighted by molar-refractivity contribution is 5.90. The Morgan fingerprint density at radius 2 is 0.977 bits per heavy atom. The van der Waals surface area contributed by atoms with Crippen LogP contribution in [0.2, 0.25) is 0 Å². The molecule has 0 heterocycles. The molecule has 240 valence electrons. The molecule has 0 N–H and O–H groups in total. The van der Waals surface area contributed by atoms with Crippen molar-refractivity contribution in [2.45, 2.75) is 162 Å². The molecule has 43 heavy (non-hydrogen) atoms. The number of esters is 2. The maximum absolute atomic E-state index is 12.5. The van der Waals surface area contributed by atoms with Crippen LogP contribution in [-0.2, 0) is 9.53 Å². The lowest BCUT2D eigenvalue weighted by Gasteiger charge is -2.13. The van der Waals surface area contributed by atoms with E-state index in [1.54, 1.807) is 0 Å². The summed E-state index contributed by atoms with van der Waals surface area (Å²) in [5, 5.41) is 0. The SMILES string of the molecule is CCCCCCCCCCCCCCCCCC(=O)Oc1ccc(-c2ccc(C(=O)OC(C)CCCCCC)cc2)cc1. The van der Waals surface area contributed by atoms with E-state index in [1.165, 1.54) is 103 Å². The number of ether oxygens (including phenoxy) is 2. The molecule has 0 saturated carbocycles. The minimum absolute atomic E-state index is 0.0708. The topological polar surface area (TPSA) is 52.6 Å². The summed E-state index contributed by atoms with van der Waals surface area (Å²) in [6.07, 6.45) is 25.7. The first kappa shape index (κ1) is 36.6. The molecule has 1 unspecified atom stereocenters. The lowest BCUT2D eigenvalue weighted by Crippen LogP contribution is -2.15. The van der Waals surface area contributed by atoms with E-state index in [2.05, 4.69) is 13.8 Å². The largest absolute Gasteiger partial charge is 0.459 e. The zero-order valence-electron chi connectivity index (χ0n) is 27.7. The average Bonchev–Trinajstić information content (AvgIpc) is 3.01. The van der Waals surface area contributed by atoms with E-state index in [4.69, 9.17) is 9.47 Å². The van der Waals surface area contributed by atoms with Crippen LogP contribution in [0.5, 0.6) is 5.75 Å². The van der Waals surface area contributed by atoms with Gasteiger partial charge in [0, 0.05) is 6.42 Å². The van der Waals surface area contributed by atoms with Crippen LogP contribution in [-0.4, -0.2) is 18.0 Å². The van der Waals surface area contributed by atoms with Crippen LogP contribution in [0.4, 0.5) is 0 Å². The molecule has 0 amide bonds. The molecule has 0 saturated heterocycles. The van der Waals surface area contributed by atoms with E-state index in [9.17, 15) is 9.59 Å². The highest BCUT2D eigenvalue weighted by Gasteiger charge is 2.12. The van der Waals surface area contributed by atoms with Crippen molar-refractivity contribution in [1.29, 1.82) is 0 Å². The summed E-state index contributed by atoms with van der Waals surface area (Å²) in [5.74, 6) is 0.138. The molecule has 4 heteroatoms. The molecule has 4 nitrogen and oxygen atoms in total. The second-order valence-corrected chi connectivity index (χ2v) is 12.3. The Labute approximate surface area is 263 Å². The number of carbonyl (C=O) groups excluding carboxylic acids is 2. The summed E-state index contributed by atoms with van der Waals surface area (Å²) in [6.45, 7) is 6.43. The second kappa shape index (κ2) is 23.8. The van der Waals surface area contributed by atoms with Crippen molar-refractivity contribution in [2.24, 2.45) is 0 Å². The van der Waals surface area contributed by atoms with Gasteiger partial charge in [-0.15, -0.1) is 0 Å². The van der Waals surface area contributed by atoms with Crippen LogP contribution in [0.25, 0.3) is 11.1 Å². The van der Waals surface area contributed by atoms with E-state index in [0.29, 0.717) is 17.7 Å². The average molecular weight is 593 g/mol. The summed E-state index contributed by atoms with van der Waals surface area (Å²) in [7, 11) is 0. The van der Waals surface area contributed by atoms with Crippen molar-refractivity contribution in [3.63, 3.8) is 0 Å². The Morgan fingerprint density at radius 1 is 0.558 bits per heavy atom. The Kier molecular flexibility index (Phi) is 20.2. The van der Waals surface area contributed by atoms with Gasteiger partial charge in [0.15, 0.2) is 0 Å². The molecule has 0 radical (unpaired) electrons. The number of hydrogen-bond acceptors (Lipinski definition) is 4. The fraction of sp³-hybridized carbons (Fsp3) is 0.641. The Morgan fingerprint density at radius 3 is 1.47 bits per heavy atom. The first-order chi connectivity index (χ1) is 21.0. The Hall–Kier alpha value is -2.62. The van der Waals surface area contributed by atoms with Gasteiger partial charge in [0.25, 0.3) is 0 Å². The molecule has 2 aromatic rings. The van der Waals surface area contributed by atoms with Crippen LogP contribution in [0, 0.1) is 0 Å². The Balaban J connectivity index is 1.55. The van der Waals surface area contributed by atoms with E-state index in [0.717, 1.165) is 36.8 Å². The van der Waals surface area contributed by atoms with Gasteiger partial charge < -0.3 is 9.47 Å². The molecular weight excluding hydrogens is 532 g/mol. The van der Waals surface area contributed by atoms with Crippen molar-refractivity contribution in [2.75, 3.05) is 0 Å². The molecule has 0 aliphatic heterocycles. The lowest BCUT2D eigenvalue weighted by molar-refractivity contribution is -0.134. The van der Waals surface area contributed by atoms with Gasteiger partial charge in [-0.3, -0.25) is 4.79 Å². The third kappa shape index (κ3) is 17.3. The number of carbonyl (C=O) groups is 2. The number of benzene rings is 2. The highest BCUT2D eigenvalue weighted by Crippen LogP contribution is 2.24. The maximum atomic E-state index is 12.5. The van der Waals surface area contributed by atoms with Crippen molar-refractivity contribution in [1.82, 2.24) is 0 Å². The molecule has 0 aliphatic carbocycles. The maximum Gasteiger partial charge on any atom is 0.338 e. The summed E-state index contributed by atoms with van der Waals surface area (Å²) < 4.78 is 11.2. The van der Waals surface area contributed by atoms with Gasteiger partial charge in [-0.2, -0.15) is 0 Å². The summed E-state index contributed by atoms with van der Waals surface area (Å²) in [6, 6.07) is 15.0. The minimum Gasteiger partial charge on any atom is -0.459 e. The van der Waals surface area contributed by atoms with E-state index < -0.39 is 0 Å². The summed E-state index contributed by atoms with van der Waals surface area (Å²) in [5.41, 5.74) is 2.57. The predicted octanol–water partition coefficient (Wildman–Crippen LogP) is 12.0. The molecule has 1 atom stereocenters. The van der Waals surface area contributed by atoms with Crippen LogP contribution in [0.3, 0.4) is 0 Å². The molecule has 0 aromatic heterocycles. The van der Waals surface area contributed by atoms with Gasteiger partial charge in [-0.25, -0.2) is 4.79 Å². The van der Waals surface area contributed by atoms with E-state index in [1.807, 2.05) is 55.5 Å². The van der Waals surface area contributed by atoms with Crippen LogP contribution >= 0.6 is 0 Å². The quantitative estimate of drug-likeness (QED) is 0.0653. The van der Waals surface area contributed by atoms with Gasteiger partial charge in [-0.1, -0.05) is 147 Å². The summed E-state index contributed by atoms with van der Waals surface area (Å²) >= 11 is 0. The van der Waals surface area contributed by atoms with Gasteiger partial charge in [0.2, 0.25) is 0 Å².